The Labute approximate surface area is 395 Å². The molecular weight excluding hydrogens is 845 g/mol. The molecule has 0 aliphatic heterocycles. The van der Waals surface area contributed by atoms with Crippen molar-refractivity contribution in [2.24, 2.45) is 0 Å². The summed E-state index contributed by atoms with van der Waals surface area (Å²) < 4.78 is 6.75. The highest BCUT2D eigenvalue weighted by Crippen LogP contribution is 2.39. The lowest BCUT2D eigenvalue weighted by molar-refractivity contribution is 0.995. The van der Waals surface area contributed by atoms with E-state index >= 15 is 0 Å². The summed E-state index contributed by atoms with van der Waals surface area (Å²) in [6, 6.07) is 74.4. The highest BCUT2D eigenvalue weighted by atomic mass is 15.2. The third-order valence-corrected chi connectivity index (χ3v) is 13.4. The smallest absolute Gasteiger partial charge is 0.235 e. The van der Waals surface area contributed by atoms with Crippen molar-refractivity contribution in [3.8, 4) is 62.2 Å². The molecule has 0 unspecified atom stereocenters. The van der Waals surface area contributed by atoms with E-state index in [0.717, 1.165) is 117 Å². The van der Waals surface area contributed by atoms with Gasteiger partial charge in [0.05, 0.1) is 62.1 Å². The number of hydrogen-bond acceptors (Lipinski definition) is 5. The number of hydrogen-bond donors (Lipinski definition) is 0. The van der Waals surface area contributed by atoms with Gasteiger partial charge in [0.1, 0.15) is 11.0 Å². The molecule has 0 saturated heterocycles. The van der Waals surface area contributed by atoms with Crippen LogP contribution in [0, 0.1) is 0 Å². The second-order valence-corrected chi connectivity index (χ2v) is 17.4. The van der Waals surface area contributed by atoms with Crippen molar-refractivity contribution in [1.82, 2.24) is 38.6 Å². The van der Waals surface area contributed by atoms with Crippen LogP contribution in [0.4, 0.5) is 0 Å². The second-order valence-electron chi connectivity index (χ2n) is 17.4. The predicted octanol–water partition coefficient (Wildman–Crippen LogP) is 14.6. The molecule has 8 nitrogen and oxygen atoms in total. The molecule has 7 heterocycles. The van der Waals surface area contributed by atoms with Gasteiger partial charge in [-0.15, -0.1) is 0 Å². The first-order chi connectivity index (χ1) is 34.2. The van der Waals surface area contributed by atoms with Crippen molar-refractivity contribution in [3.05, 3.63) is 231 Å². The maximum atomic E-state index is 5.26. The topological polar surface area (TPSA) is 79.2 Å². The van der Waals surface area contributed by atoms with E-state index in [0.29, 0.717) is 5.95 Å². The molecule has 8 heteroatoms. The van der Waals surface area contributed by atoms with E-state index in [1.165, 1.54) is 5.39 Å². The van der Waals surface area contributed by atoms with Crippen LogP contribution in [-0.2, 0) is 0 Å². The van der Waals surface area contributed by atoms with Gasteiger partial charge in [0.25, 0.3) is 0 Å². The minimum atomic E-state index is 0.631. The first-order valence-corrected chi connectivity index (χ1v) is 23.1. The summed E-state index contributed by atoms with van der Waals surface area (Å²) in [4.78, 5) is 25.4. The number of benzene rings is 7. The zero-order chi connectivity index (χ0) is 45.4. The van der Waals surface area contributed by atoms with Gasteiger partial charge >= 0.3 is 0 Å². The fourth-order valence-corrected chi connectivity index (χ4v) is 10.2. The monoisotopic (exact) mass is 882 g/mol. The van der Waals surface area contributed by atoms with Crippen LogP contribution in [0.2, 0.25) is 0 Å². The van der Waals surface area contributed by atoms with E-state index < -0.39 is 0 Å². The molecule has 0 aliphatic rings. The van der Waals surface area contributed by atoms with Crippen LogP contribution in [-0.4, -0.2) is 38.6 Å². The van der Waals surface area contributed by atoms with Crippen LogP contribution in [0.5, 0.6) is 0 Å². The number of rotatable bonds is 7. The largest absolute Gasteiger partial charge is 0.308 e. The van der Waals surface area contributed by atoms with Gasteiger partial charge in [-0.2, -0.15) is 0 Å². The first-order valence-electron chi connectivity index (χ1n) is 23.1. The molecule has 0 fully saturated rings. The van der Waals surface area contributed by atoms with E-state index in [4.69, 9.17) is 24.9 Å². The van der Waals surface area contributed by atoms with Gasteiger partial charge in [-0.05, 0) is 96.1 Å². The van der Waals surface area contributed by atoms with Crippen molar-refractivity contribution >= 4 is 65.7 Å². The second kappa shape index (κ2) is 15.5. The Morgan fingerprint density at radius 2 is 0.812 bits per heavy atom. The molecule has 69 heavy (non-hydrogen) atoms. The lowest BCUT2D eigenvalue weighted by atomic mass is 10.0. The normalized spacial score (nSPS) is 11.8. The molecule has 14 aromatic rings. The average molecular weight is 883 g/mol. The lowest BCUT2D eigenvalue weighted by Gasteiger charge is -2.12. The van der Waals surface area contributed by atoms with Crippen molar-refractivity contribution in [1.29, 1.82) is 0 Å². The van der Waals surface area contributed by atoms with E-state index in [-0.39, 0.29) is 0 Å². The van der Waals surface area contributed by atoms with Crippen LogP contribution < -0.4 is 0 Å². The van der Waals surface area contributed by atoms with Crippen molar-refractivity contribution in [3.63, 3.8) is 0 Å². The van der Waals surface area contributed by atoms with Gasteiger partial charge in [0.2, 0.25) is 5.95 Å². The Hall–Kier alpha value is -9.53. The third-order valence-electron chi connectivity index (χ3n) is 13.4. The summed E-state index contributed by atoms with van der Waals surface area (Å²) in [5.74, 6) is 0.631. The molecule has 0 N–H and O–H groups in total. The summed E-state index contributed by atoms with van der Waals surface area (Å²) in [6.07, 6.45) is 5.67. The van der Waals surface area contributed by atoms with E-state index in [1.54, 1.807) is 0 Å². The molecule has 0 radical (unpaired) electrons. The molecule has 0 amide bonds. The van der Waals surface area contributed by atoms with Gasteiger partial charge in [-0.1, -0.05) is 127 Å². The fraction of sp³-hybridized carbons (Fsp3) is 0. The number of aromatic nitrogens is 8. The lowest BCUT2D eigenvalue weighted by Crippen LogP contribution is -2.03. The van der Waals surface area contributed by atoms with Crippen LogP contribution in [0.25, 0.3) is 128 Å². The highest BCUT2D eigenvalue weighted by molar-refractivity contribution is 6.13. The number of pyridine rings is 3. The minimum absolute atomic E-state index is 0.631. The maximum absolute atomic E-state index is 5.26. The molecule has 0 bridgehead atoms. The minimum Gasteiger partial charge on any atom is -0.308 e. The van der Waals surface area contributed by atoms with E-state index in [9.17, 15) is 0 Å². The van der Waals surface area contributed by atoms with Crippen LogP contribution in [0.15, 0.2) is 231 Å². The average Bonchev–Trinajstić information content (AvgIpc) is 4.06. The zero-order valence-electron chi connectivity index (χ0n) is 37.0. The summed E-state index contributed by atoms with van der Waals surface area (Å²) >= 11 is 0. The Morgan fingerprint density at radius 1 is 0.290 bits per heavy atom. The first kappa shape index (κ1) is 38.7. The Morgan fingerprint density at radius 3 is 1.48 bits per heavy atom. The number of fused-ring (bicyclic) bond motifs is 9. The predicted molar refractivity (Wildman–Crippen MR) is 280 cm³/mol. The standard InChI is InChI=1S/C61H38N8/c1-4-15-39(16-5-1)51-36-52(40-17-6-2-7-18-40)66-61(65-51)69-54-24-13-11-22-47(54)49-35-42(27-30-56(49)69)41-26-29-55-48(34-41)46-21-10-12-23-53(46)68(55)45-33-43(37-62-38-45)50-28-31-58-60(64-50)59-57(25-14-32-63-59)67(58)44-19-8-3-9-20-44/h1-38H. The highest BCUT2D eigenvalue weighted by Gasteiger charge is 2.20. The van der Waals surface area contributed by atoms with Gasteiger partial charge in [0.15, 0.2) is 0 Å². The molecule has 14 rings (SSSR count). The molecule has 0 spiro atoms. The van der Waals surface area contributed by atoms with Crippen molar-refractivity contribution in [2.75, 3.05) is 0 Å². The fourth-order valence-electron chi connectivity index (χ4n) is 10.2. The van der Waals surface area contributed by atoms with Gasteiger partial charge in [-0.25, -0.2) is 15.0 Å². The van der Waals surface area contributed by atoms with Crippen LogP contribution in [0.3, 0.4) is 0 Å². The molecule has 0 atom stereocenters. The Bertz CT molecular complexity index is 4250. The Balaban J connectivity index is 0.881. The van der Waals surface area contributed by atoms with Gasteiger partial charge < -0.3 is 9.13 Å². The quantitative estimate of drug-likeness (QED) is 0.159. The van der Waals surface area contributed by atoms with Crippen molar-refractivity contribution < 1.29 is 0 Å². The number of nitrogens with zero attached hydrogens (tertiary/aromatic N) is 8. The summed E-state index contributed by atoms with van der Waals surface area (Å²) in [6.45, 7) is 0. The van der Waals surface area contributed by atoms with Crippen LogP contribution in [0.1, 0.15) is 0 Å². The SMILES string of the molecule is c1ccc(-c2cc(-c3ccccc3)nc(-n3c4ccccc4c4cc(-c5ccc6c(c5)c5ccccc5n6-c5cncc(-c6ccc7c(n6)c6ncccc6n7-c6ccccc6)c5)ccc43)n2)cc1. The van der Waals surface area contributed by atoms with Crippen molar-refractivity contribution in [2.45, 2.75) is 0 Å². The molecule has 0 saturated carbocycles. The Kier molecular flexibility index (Phi) is 8.72. The van der Waals surface area contributed by atoms with E-state index in [1.807, 2.05) is 42.9 Å². The zero-order valence-corrected chi connectivity index (χ0v) is 37.0. The molecule has 7 aromatic carbocycles. The summed E-state index contributed by atoms with van der Waals surface area (Å²) in [5.41, 5.74) is 17.9. The molecule has 0 aliphatic carbocycles. The number of para-hydroxylation sites is 3. The molecule has 7 aromatic heterocycles. The summed E-state index contributed by atoms with van der Waals surface area (Å²) in [7, 11) is 0. The summed E-state index contributed by atoms with van der Waals surface area (Å²) in [5, 5.41) is 4.60. The van der Waals surface area contributed by atoms with Crippen LogP contribution >= 0.6 is 0 Å². The molecule has 322 valence electrons. The van der Waals surface area contributed by atoms with Gasteiger partial charge in [0, 0.05) is 56.3 Å². The third kappa shape index (κ3) is 6.27. The van der Waals surface area contributed by atoms with E-state index in [2.05, 4.69) is 202 Å². The maximum Gasteiger partial charge on any atom is 0.235 e. The molecular formula is C61H38N8. The van der Waals surface area contributed by atoms with Gasteiger partial charge in [-0.3, -0.25) is 14.5 Å².